The summed E-state index contributed by atoms with van der Waals surface area (Å²) in [4.78, 5) is 39.5. The Labute approximate surface area is 201 Å². The maximum atomic E-state index is 13.5. The van der Waals surface area contributed by atoms with E-state index in [2.05, 4.69) is 4.74 Å². The number of ether oxygens (including phenoxy) is 1. The predicted molar refractivity (Wildman–Crippen MR) is 105 cm³/mol. The Morgan fingerprint density at radius 2 is 1.64 bits per heavy atom. The molecule has 1 aliphatic heterocycles. The van der Waals surface area contributed by atoms with E-state index in [1.54, 1.807) is 0 Å². The molecule has 6 atom stereocenters. The summed E-state index contributed by atoms with van der Waals surface area (Å²) in [5.74, 6) is -7.33. The molecule has 2 amide bonds. The lowest BCUT2D eigenvalue weighted by molar-refractivity contribution is -0.361. The molecule has 8 nitrogen and oxygen atoms in total. The molecule has 1 heterocycles. The quantitative estimate of drug-likeness (QED) is 0.235. The van der Waals surface area contributed by atoms with Gasteiger partial charge in [0.05, 0.1) is 6.42 Å². The van der Waals surface area contributed by atoms with Gasteiger partial charge in [0, 0.05) is 18.4 Å². The number of carbonyl (C=O) groups is 3. The van der Waals surface area contributed by atoms with E-state index in [0.717, 1.165) is 6.42 Å². The molecule has 36 heavy (non-hydrogen) atoms. The van der Waals surface area contributed by atoms with Crippen LogP contribution in [0.3, 0.4) is 0 Å². The van der Waals surface area contributed by atoms with Crippen molar-refractivity contribution in [2.75, 3.05) is 12.3 Å². The first kappa shape index (κ1) is 25.7. The van der Waals surface area contributed by atoms with Gasteiger partial charge in [-0.15, -0.1) is 0 Å². The smallest absolute Gasteiger partial charge is 0.438 e. The summed E-state index contributed by atoms with van der Waals surface area (Å²) in [5, 5.41) is 0. The minimum Gasteiger partial charge on any atom is -0.438 e. The number of esters is 1. The standard InChI is InChI=1S/C21H23F6NO7S/c22-20(23,24)19(21(25,26)27,8-36(32,33)34)35-12(29)6-18-5-4-10-11-7-28(16(30)9-2-1-3-9)17(31)13(11)15(18)14(10)18/h9-11,13-15H,1-8H2,(H,32,33,34). The van der Waals surface area contributed by atoms with Crippen LogP contribution in [0.1, 0.15) is 38.5 Å². The summed E-state index contributed by atoms with van der Waals surface area (Å²) in [6, 6.07) is 0. The Morgan fingerprint density at radius 3 is 2.14 bits per heavy atom. The molecule has 4 aliphatic carbocycles. The van der Waals surface area contributed by atoms with Crippen molar-refractivity contribution in [1.29, 1.82) is 0 Å². The molecule has 1 N–H and O–H groups in total. The normalized spacial score (nSPS) is 35.9. The summed E-state index contributed by atoms with van der Waals surface area (Å²) in [6.45, 7) is 0.233. The first-order chi connectivity index (χ1) is 16.4. The largest absolute Gasteiger partial charge is 0.438 e. The molecule has 0 aromatic carbocycles. The van der Waals surface area contributed by atoms with Gasteiger partial charge < -0.3 is 4.74 Å². The minimum absolute atomic E-state index is 0.0938. The highest BCUT2D eigenvalue weighted by Gasteiger charge is 2.82. The van der Waals surface area contributed by atoms with Crippen LogP contribution in [-0.2, 0) is 29.2 Å². The van der Waals surface area contributed by atoms with Gasteiger partial charge in [-0.2, -0.15) is 34.8 Å². The lowest BCUT2D eigenvalue weighted by Gasteiger charge is -2.36. The Morgan fingerprint density at radius 1 is 1.03 bits per heavy atom. The van der Waals surface area contributed by atoms with Gasteiger partial charge in [0.25, 0.3) is 10.1 Å². The summed E-state index contributed by atoms with van der Waals surface area (Å²) >= 11 is 0. The molecule has 6 unspecified atom stereocenters. The SMILES string of the molecule is O=C(CC12CCC3C4CN(C(=O)C5CCC5)C(=O)C4C1C32)OC(CS(=O)(=O)O)(C(F)(F)F)C(F)(F)F. The van der Waals surface area contributed by atoms with Gasteiger partial charge >= 0.3 is 23.9 Å². The van der Waals surface area contributed by atoms with Gasteiger partial charge in [-0.25, -0.2) is 0 Å². The van der Waals surface area contributed by atoms with Gasteiger partial charge in [0.15, 0.2) is 0 Å². The molecule has 15 heteroatoms. The third kappa shape index (κ3) is 3.51. The number of hydrogen-bond donors (Lipinski definition) is 1. The van der Waals surface area contributed by atoms with Crippen LogP contribution in [0, 0.1) is 40.9 Å². The molecule has 0 spiro atoms. The molecular formula is C21H23F6NO7S. The van der Waals surface area contributed by atoms with Gasteiger partial charge in [-0.3, -0.25) is 23.8 Å². The first-order valence-corrected chi connectivity index (χ1v) is 13.2. The first-order valence-electron chi connectivity index (χ1n) is 11.6. The lowest BCUT2D eigenvalue weighted by atomic mass is 9.83. The molecule has 0 radical (unpaired) electrons. The Balaban J connectivity index is 1.35. The second-order valence-electron chi connectivity index (χ2n) is 10.8. The van der Waals surface area contributed by atoms with E-state index < -0.39 is 69.4 Å². The fourth-order valence-electron chi connectivity index (χ4n) is 7.48. The zero-order valence-electron chi connectivity index (χ0n) is 18.6. The second-order valence-corrected chi connectivity index (χ2v) is 12.2. The number of fused-ring (bicyclic) bond motifs is 4. The van der Waals surface area contributed by atoms with Crippen LogP contribution in [0.4, 0.5) is 26.3 Å². The highest BCUT2D eigenvalue weighted by Crippen LogP contribution is 2.82. The maximum absolute atomic E-state index is 13.5. The molecule has 1 saturated heterocycles. The molecule has 4 saturated carbocycles. The fraction of sp³-hybridized carbons (Fsp3) is 0.857. The molecule has 5 fully saturated rings. The topological polar surface area (TPSA) is 118 Å². The predicted octanol–water partition coefficient (Wildman–Crippen LogP) is 2.73. The number of amides is 2. The molecular weight excluding hydrogens is 524 g/mol. The number of alkyl halides is 6. The van der Waals surface area contributed by atoms with E-state index in [1.165, 1.54) is 4.90 Å². The van der Waals surface area contributed by atoms with E-state index in [-0.39, 0.29) is 36.1 Å². The number of likely N-dealkylation sites (tertiary alicyclic amines) is 1. The maximum Gasteiger partial charge on any atom is 0.438 e. The Bertz CT molecular complexity index is 1100. The number of imide groups is 1. The van der Waals surface area contributed by atoms with Crippen LogP contribution >= 0.6 is 0 Å². The van der Waals surface area contributed by atoms with Gasteiger partial charge in [0.2, 0.25) is 11.8 Å². The van der Waals surface area contributed by atoms with E-state index in [4.69, 9.17) is 4.55 Å². The average Bonchev–Trinajstić information content (AvgIpc) is 2.93. The molecule has 5 rings (SSSR count). The average molecular weight is 547 g/mol. The molecule has 0 aromatic heterocycles. The second kappa shape index (κ2) is 7.58. The third-order valence-electron chi connectivity index (χ3n) is 9.14. The highest BCUT2D eigenvalue weighted by molar-refractivity contribution is 7.85. The minimum atomic E-state index is -6.39. The van der Waals surface area contributed by atoms with E-state index in [1.807, 2.05) is 0 Å². The van der Waals surface area contributed by atoms with E-state index in [9.17, 15) is 49.1 Å². The van der Waals surface area contributed by atoms with Crippen LogP contribution < -0.4 is 0 Å². The zero-order valence-corrected chi connectivity index (χ0v) is 19.5. The lowest BCUT2D eigenvalue weighted by Crippen LogP contribution is -2.63. The number of carbonyl (C=O) groups excluding carboxylic acids is 3. The van der Waals surface area contributed by atoms with Crippen LogP contribution in [0.2, 0.25) is 0 Å². The number of nitrogens with zero attached hydrogens (tertiary/aromatic N) is 1. The summed E-state index contributed by atoms with van der Waals surface area (Å²) in [6.07, 6.45) is -10.6. The number of rotatable bonds is 6. The zero-order chi connectivity index (χ0) is 26.6. The van der Waals surface area contributed by atoms with Crippen LogP contribution in [-0.4, -0.2) is 65.9 Å². The van der Waals surface area contributed by atoms with Gasteiger partial charge in [-0.1, -0.05) is 6.42 Å². The van der Waals surface area contributed by atoms with E-state index >= 15 is 0 Å². The van der Waals surface area contributed by atoms with Crippen molar-refractivity contribution in [1.82, 2.24) is 4.90 Å². The summed E-state index contributed by atoms with van der Waals surface area (Å²) in [7, 11) is -5.87. The number of hydrogen-bond acceptors (Lipinski definition) is 6. The monoisotopic (exact) mass is 547 g/mol. The summed E-state index contributed by atoms with van der Waals surface area (Å²) in [5.41, 5.74) is -6.48. The van der Waals surface area contributed by atoms with E-state index in [0.29, 0.717) is 25.7 Å². The van der Waals surface area contributed by atoms with Crippen molar-refractivity contribution in [2.45, 2.75) is 56.5 Å². The Hall–Kier alpha value is -1.90. The number of halogens is 6. The Kier molecular flexibility index (Phi) is 5.42. The van der Waals surface area contributed by atoms with Crippen LogP contribution in [0.25, 0.3) is 0 Å². The van der Waals surface area contributed by atoms with Gasteiger partial charge in [0.1, 0.15) is 5.75 Å². The van der Waals surface area contributed by atoms with Crippen molar-refractivity contribution in [3.8, 4) is 0 Å². The van der Waals surface area contributed by atoms with Crippen LogP contribution in [0.5, 0.6) is 0 Å². The van der Waals surface area contributed by atoms with Crippen molar-refractivity contribution in [3.63, 3.8) is 0 Å². The van der Waals surface area contributed by atoms with Gasteiger partial charge in [-0.05, 0) is 54.8 Å². The van der Waals surface area contributed by atoms with Crippen molar-refractivity contribution >= 4 is 27.9 Å². The van der Waals surface area contributed by atoms with Crippen LogP contribution in [0.15, 0.2) is 0 Å². The van der Waals surface area contributed by atoms with Crippen molar-refractivity contribution in [3.05, 3.63) is 0 Å². The molecule has 0 bridgehead atoms. The molecule has 202 valence electrons. The summed E-state index contributed by atoms with van der Waals surface area (Å²) < 4.78 is 116. The highest BCUT2D eigenvalue weighted by atomic mass is 32.2. The fourth-order valence-corrected chi connectivity index (χ4v) is 8.38. The van der Waals surface area contributed by atoms with Crippen molar-refractivity contribution < 1.29 is 58.4 Å². The van der Waals surface area contributed by atoms with Crippen molar-refractivity contribution in [2.24, 2.45) is 40.9 Å². The molecule has 0 aromatic rings. The molecule has 5 aliphatic rings. The third-order valence-corrected chi connectivity index (χ3v) is 9.91.